The summed E-state index contributed by atoms with van der Waals surface area (Å²) in [6.07, 6.45) is 0.651. The van der Waals surface area contributed by atoms with Crippen molar-refractivity contribution in [3.8, 4) is 5.75 Å². The zero-order valence-electron chi connectivity index (χ0n) is 17.9. The highest BCUT2D eigenvalue weighted by molar-refractivity contribution is 7.89. The quantitative estimate of drug-likeness (QED) is 0.426. The maximum atomic E-state index is 13.2. The van der Waals surface area contributed by atoms with E-state index in [1.165, 1.54) is 18.2 Å². The summed E-state index contributed by atoms with van der Waals surface area (Å²) in [5, 5.41) is 12.5. The molecule has 0 saturated heterocycles. The van der Waals surface area contributed by atoms with Gasteiger partial charge in [0, 0.05) is 12.6 Å². The Morgan fingerprint density at radius 1 is 1.03 bits per heavy atom. The monoisotopic (exact) mass is 454 g/mol. The maximum absolute atomic E-state index is 13.2. The number of benzene rings is 3. The van der Waals surface area contributed by atoms with E-state index < -0.39 is 22.0 Å². The average Bonchev–Trinajstić information content (AvgIpc) is 2.79. The summed E-state index contributed by atoms with van der Waals surface area (Å²) < 4.78 is 34.1. The van der Waals surface area contributed by atoms with Gasteiger partial charge in [0.15, 0.2) is 0 Å². The van der Waals surface area contributed by atoms with Crippen LogP contribution in [-0.4, -0.2) is 33.1 Å². The van der Waals surface area contributed by atoms with E-state index in [-0.39, 0.29) is 10.5 Å². The molecule has 168 valence electrons. The lowest BCUT2D eigenvalue weighted by atomic mass is 10.1. The predicted octanol–water partition coefficient (Wildman–Crippen LogP) is 4.09. The van der Waals surface area contributed by atoms with Crippen LogP contribution in [-0.2, 0) is 16.4 Å². The van der Waals surface area contributed by atoms with Crippen LogP contribution >= 0.6 is 0 Å². The maximum Gasteiger partial charge on any atom is 0.335 e. The fourth-order valence-corrected chi connectivity index (χ4v) is 4.70. The zero-order chi connectivity index (χ0) is 23.1. The fraction of sp³-hybridized carbons (Fsp3) is 0.208. The largest absolute Gasteiger partial charge is 0.497 e. The standard InChI is InChI=1S/C24H26N2O5S/c1-17(19-6-4-3-5-7-19)26-32(29,30)23-16-20(24(27)28)10-13-22(23)25-15-14-18-8-11-21(31-2)12-9-18/h3-13,16-17,25-26H,14-15H2,1-2H3,(H,27,28)/t17-/m0/s1. The Kier molecular flexibility index (Phi) is 7.50. The van der Waals surface area contributed by atoms with E-state index in [2.05, 4.69) is 10.0 Å². The molecule has 0 aromatic heterocycles. The molecule has 0 bridgehead atoms. The van der Waals surface area contributed by atoms with Gasteiger partial charge in [-0.1, -0.05) is 42.5 Å². The minimum absolute atomic E-state index is 0.0987. The molecule has 0 fully saturated rings. The third kappa shape index (κ3) is 5.87. The zero-order valence-corrected chi connectivity index (χ0v) is 18.7. The number of nitrogens with one attached hydrogen (secondary N) is 2. The molecule has 3 aromatic rings. The lowest BCUT2D eigenvalue weighted by Gasteiger charge is -2.18. The van der Waals surface area contributed by atoms with Crippen molar-refractivity contribution >= 4 is 21.7 Å². The van der Waals surface area contributed by atoms with E-state index in [0.717, 1.165) is 16.9 Å². The third-order valence-corrected chi connectivity index (χ3v) is 6.62. The smallest absolute Gasteiger partial charge is 0.335 e. The van der Waals surface area contributed by atoms with Crippen molar-refractivity contribution in [3.05, 3.63) is 89.5 Å². The van der Waals surface area contributed by atoms with Crippen molar-refractivity contribution in [1.82, 2.24) is 4.72 Å². The molecule has 0 aliphatic carbocycles. The first-order chi connectivity index (χ1) is 15.3. The molecule has 3 rings (SSSR count). The van der Waals surface area contributed by atoms with Gasteiger partial charge in [-0.2, -0.15) is 0 Å². The highest BCUT2D eigenvalue weighted by Crippen LogP contribution is 2.25. The molecule has 0 radical (unpaired) electrons. The van der Waals surface area contributed by atoms with Gasteiger partial charge < -0.3 is 15.2 Å². The molecule has 0 spiro atoms. The number of methoxy groups -OCH3 is 1. The number of carbonyl (C=O) groups is 1. The van der Waals surface area contributed by atoms with Crippen LogP contribution in [0, 0.1) is 0 Å². The molecular weight excluding hydrogens is 428 g/mol. The summed E-state index contributed by atoms with van der Waals surface area (Å²) >= 11 is 0. The first-order valence-corrected chi connectivity index (χ1v) is 11.6. The minimum Gasteiger partial charge on any atom is -0.497 e. The van der Waals surface area contributed by atoms with Crippen LogP contribution in [0.1, 0.15) is 34.5 Å². The van der Waals surface area contributed by atoms with Crippen LogP contribution in [0.15, 0.2) is 77.7 Å². The van der Waals surface area contributed by atoms with Crippen LogP contribution in [0.3, 0.4) is 0 Å². The topological polar surface area (TPSA) is 105 Å². The fourth-order valence-electron chi connectivity index (χ4n) is 3.26. The van der Waals surface area contributed by atoms with Gasteiger partial charge in [0.1, 0.15) is 10.6 Å². The Balaban J connectivity index is 1.80. The van der Waals surface area contributed by atoms with Gasteiger partial charge in [0.25, 0.3) is 0 Å². The molecule has 0 unspecified atom stereocenters. The lowest BCUT2D eigenvalue weighted by Crippen LogP contribution is -2.28. The van der Waals surface area contributed by atoms with Gasteiger partial charge in [-0.15, -0.1) is 0 Å². The molecule has 8 heteroatoms. The van der Waals surface area contributed by atoms with Crippen LogP contribution in [0.5, 0.6) is 5.75 Å². The molecule has 0 saturated carbocycles. The van der Waals surface area contributed by atoms with Crippen LogP contribution in [0.25, 0.3) is 0 Å². The number of hydrogen-bond donors (Lipinski definition) is 3. The van der Waals surface area contributed by atoms with E-state index in [1.807, 2.05) is 54.6 Å². The average molecular weight is 455 g/mol. The first kappa shape index (κ1) is 23.3. The van der Waals surface area contributed by atoms with Gasteiger partial charge in [-0.05, 0) is 54.8 Å². The Hall–Kier alpha value is -3.36. The summed E-state index contributed by atoms with van der Waals surface area (Å²) in [6.45, 7) is 2.21. The summed E-state index contributed by atoms with van der Waals surface area (Å²) in [6, 6.07) is 20.3. The van der Waals surface area contributed by atoms with Crippen LogP contribution in [0.2, 0.25) is 0 Å². The predicted molar refractivity (Wildman–Crippen MR) is 124 cm³/mol. The van der Waals surface area contributed by atoms with Crippen LogP contribution in [0.4, 0.5) is 5.69 Å². The number of carboxylic acid groups (broad SMARTS) is 1. The Morgan fingerprint density at radius 2 is 1.72 bits per heavy atom. The van der Waals surface area contributed by atoms with Gasteiger partial charge in [-0.3, -0.25) is 0 Å². The molecular formula is C24H26N2O5S. The number of carboxylic acids is 1. The van der Waals surface area contributed by atoms with Gasteiger partial charge >= 0.3 is 5.97 Å². The minimum atomic E-state index is -3.99. The Labute approximate surface area is 188 Å². The van der Waals surface area contributed by atoms with Crippen molar-refractivity contribution in [2.45, 2.75) is 24.3 Å². The van der Waals surface area contributed by atoms with Crippen molar-refractivity contribution in [2.24, 2.45) is 0 Å². The van der Waals surface area contributed by atoms with Gasteiger partial charge in [0.2, 0.25) is 10.0 Å². The second kappa shape index (κ2) is 10.3. The number of anilines is 1. The molecule has 0 heterocycles. The second-order valence-corrected chi connectivity index (χ2v) is 8.98. The Morgan fingerprint density at radius 3 is 2.34 bits per heavy atom. The van der Waals surface area contributed by atoms with E-state index in [0.29, 0.717) is 18.7 Å². The number of sulfonamides is 1. The van der Waals surface area contributed by atoms with E-state index in [9.17, 15) is 18.3 Å². The SMILES string of the molecule is COc1ccc(CCNc2ccc(C(=O)O)cc2S(=O)(=O)N[C@@H](C)c2ccccc2)cc1. The van der Waals surface area contributed by atoms with Gasteiger partial charge in [0.05, 0.1) is 18.4 Å². The number of hydrogen-bond acceptors (Lipinski definition) is 5. The van der Waals surface area contributed by atoms with E-state index in [1.54, 1.807) is 14.0 Å². The molecule has 0 amide bonds. The lowest BCUT2D eigenvalue weighted by molar-refractivity contribution is 0.0696. The first-order valence-electron chi connectivity index (χ1n) is 10.1. The number of rotatable bonds is 10. The second-order valence-electron chi connectivity index (χ2n) is 7.29. The molecule has 3 N–H and O–H groups in total. The summed E-state index contributed by atoms with van der Waals surface area (Å²) in [5.41, 5.74) is 2.11. The number of ether oxygens (including phenoxy) is 1. The van der Waals surface area contributed by atoms with Crippen molar-refractivity contribution in [3.63, 3.8) is 0 Å². The summed E-state index contributed by atoms with van der Waals surface area (Å²) in [5.74, 6) is -0.430. The molecule has 0 aliphatic rings. The molecule has 7 nitrogen and oxygen atoms in total. The van der Waals surface area contributed by atoms with Gasteiger partial charge in [-0.25, -0.2) is 17.9 Å². The molecule has 1 atom stereocenters. The highest BCUT2D eigenvalue weighted by atomic mass is 32.2. The van der Waals surface area contributed by atoms with Crippen molar-refractivity contribution in [2.75, 3.05) is 19.0 Å². The number of aromatic carboxylic acids is 1. The molecule has 3 aromatic carbocycles. The summed E-state index contributed by atoms with van der Waals surface area (Å²) in [7, 11) is -2.39. The van der Waals surface area contributed by atoms with Crippen molar-refractivity contribution in [1.29, 1.82) is 0 Å². The van der Waals surface area contributed by atoms with Crippen LogP contribution < -0.4 is 14.8 Å². The van der Waals surface area contributed by atoms with E-state index in [4.69, 9.17) is 4.74 Å². The highest BCUT2D eigenvalue weighted by Gasteiger charge is 2.23. The third-order valence-electron chi connectivity index (χ3n) is 5.04. The normalized spacial score (nSPS) is 12.2. The molecule has 0 aliphatic heterocycles. The van der Waals surface area contributed by atoms with E-state index >= 15 is 0 Å². The van der Waals surface area contributed by atoms with Crippen molar-refractivity contribution < 1.29 is 23.1 Å². The Bertz CT molecular complexity index is 1160. The molecule has 32 heavy (non-hydrogen) atoms. The summed E-state index contributed by atoms with van der Waals surface area (Å²) in [4.78, 5) is 11.3.